The number of aliphatic hydroxyl groups excluding tert-OH is 1. The lowest BCUT2D eigenvalue weighted by Gasteiger charge is -2.15. The first-order valence-electron chi connectivity index (χ1n) is 4.58. The van der Waals surface area contributed by atoms with Gasteiger partial charge in [-0.2, -0.15) is 13.2 Å². The van der Waals surface area contributed by atoms with Gasteiger partial charge in [0, 0.05) is 5.56 Å². The molecule has 100 valence electrons. The van der Waals surface area contributed by atoms with E-state index in [2.05, 4.69) is 4.74 Å². The molecule has 0 fully saturated rings. The maximum Gasteiger partial charge on any atom is 0.420 e. The molecule has 1 aromatic rings. The zero-order valence-electron chi connectivity index (χ0n) is 9.02. The maximum atomic E-state index is 12.4. The van der Waals surface area contributed by atoms with Gasteiger partial charge in [0.25, 0.3) is 0 Å². The largest absolute Gasteiger partial charge is 0.504 e. The molecule has 0 spiro atoms. The van der Waals surface area contributed by atoms with Crippen LogP contribution in [-0.4, -0.2) is 28.4 Å². The van der Waals surface area contributed by atoms with Crippen molar-refractivity contribution in [2.75, 3.05) is 7.11 Å². The van der Waals surface area contributed by atoms with E-state index in [1.54, 1.807) is 0 Å². The van der Waals surface area contributed by atoms with Crippen LogP contribution in [0.15, 0.2) is 12.1 Å². The van der Waals surface area contributed by atoms with E-state index in [0.29, 0.717) is 12.1 Å². The van der Waals surface area contributed by atoms with Crippen LogP contribution < -0.4 is 0 Å². The van der Waals surface area contributed by atoms with Crippen LogP contribution in [0.3, 0.4) is 0 Å². The molecular weight excluding hydrogens is 257 g/mol. The standard InChI is InChI=1S/C10H9F3O5/c1-18-9(17)7(15)4-2-3-5(10(11,12)13)8(16)6(4)14/h2-3,7,14-16H,1H3. The fraction of sp³-hybridized carbons (Fsp3) is 0.300. The Bertz CT molecular complexity index is 469. The van der Waals surface area contributed by atoms with Crippen molar-refractivity contribution in [1.29, 1.82) is 0 Å². The van der Waals surface area contributed by atoms with Gasteiger partial charge in [-0.1, -0.05) is 6.07 Å². The van der Waals surface area contributed by atoms with E-state index in [0.717, 1.165) is 7.11 Å². The Balaban J connectivity index is 3.29. The molecule has 0 bridgehead atoms. The van der Waals surface area contributed by atoms with E-state index in [1.165, 1.54) is 0 Å². The molecule has 0 saturated carbocycles. The quantitative estimate of drug-likeness (QED) is 0.555. The lowest BCUT2D eigenvalue weighted by atomic mass is 10.0. The van der Waals surface area contributed by atoms with Crippen molar-refractivity contribution in [3.05, 3.63) is 23.3 Å². The molecule has 0 aliphatic heterocycles. The number of hydrogen-bond donors (Lipinski definition) is 3. The summed E-state index contributed by atoms with van der Waals surface area (Å²) in [6, 6.07) is 1.12. The molecule has 1 aromatic carbocycles. The number of carbonyl (C=O) groups excluding carboxylic acids is 1. The number of phenolic OH excluding ortho intramolecular Hbond substituents is 2. The molecule has 1 rings (SSSR count). The van der Waals surface area contributed by atoms with Crippen molar-refractivity contribution in [3.8, 4) is 11.5 Å². The van der Waals surface area contributed by atoms with Crippen LogP contribution in [0.2, 0.25) is 0 Å². The predicted octanol–water partition coefficient (Wildman–Crippen LogP) is 1.32. The van der Waals surface area contributed by atoms with Gasteiger partial charge in [-0.25, -0.2) is 4.79 Å². The first-order valence-corrected chi connectivity index (χ1v) is 4.58. The second-order valence-electron chi connectivity index (χ2n) is 3.32. The number of halogens is 3. The first kappa shape index (κ1) is 14.1. The summed E-state index contributed by atoms with van der Waals surface area (Å²) in [5.41, 5.74) is -2.05. The molecule has 0 aliphatic carbocycles. The van der Waals surface area contributed by atoms with Crippen LogP contribution >= 0.6 is 0 Å². The van der Waals surface area contributed by atoms with Gasteiger partial charge in [-0.15, -0.1) is 0 Å². The highest BCUT2D eigenvalue weighted by Crippen LogP contribution is 2.43. The molecule has 0 amide bonds. The third-order valence-corrected chi connectivity index (χ3v) is 2.21. The maximum absolute atomic E-state index is 12.4. The Morgan fingerprint density at radius 3 is 2.28 bits per heavy atom. The van der Waals surface area contributed by atoms with Gasteiger partial charge in [0.2, 0.25) is 0 Å². The smallest absolute Gasteiger partial charge is 0.420 e. The van der Waals surface area contributed by atoms with E-state index < -0.39 is 40.9 Å². The van der Waals surface area contributed by atoms with Crippen LogP contribution in [0.1, 0.15) is 17.2 Å². The third-order valence-electron chi connectivity index (χ3n) is 2.21. The van der Waals surface area contributed by atoms with Crippen molar-refractivity contribution in [2.24, 2.45) is 0 Å². The fourth-order valence-corrected chi connectivity index (χ4v) is 1.28. The van der Waals surface area contributed by atoms with E-state index in [-0.39, 0.29) is 0 Å². The summed E-state index contributed by atoms with van der Waals surface area (Å²) >= 11 is 0. The highest BCUT2D eigenvalue weighted by Gasteiger charge is 2.36. The number of rotatable bonds is 2. The molecule has 0 radical (unpaired) electrons. The minimum absolute atomic E-state index is 0.441. The van der Waals surface area contributed by atoms with Crippen molar-refractivity contribution < 1.29 is 38.0 Å². The highest BCUT2D eigenvalue weighted by atomic mass is 19.4. The molecule has 0 aromatic heterocycles. The van der Waals surface area contributed by atoms with Crippen LogP contribution in [-0.2, 0) is 15.7 Å². The predicted molar refractivity (Wildman–Crippen MR) is 51.7 cm³/mol. The molecule has 0 aliphatic rings. The summed E-state index contributed by atoms with van der Waals surface area (Å²) in [7, 11) is 0.951. The van der Waals surface area contributed by atoms with Gasteiger partial charge in [-0.3, -0.25) is 0 Å². The van der Waals surface area contributed by atoms with Gasteiger partial charge in [0.1, 0.15) is 5.56 Å². The lowest BCUT2D eigenvalue weighted by Crippen LogP contribution is -2.14. The van der Waals surface area contributed by atoms with Crippen molar-refractivity contribution in [3.63, 3.8) is 0 Å². The Kier molecular flexibility index (Phi) is 3.70. The number of carbonyl (C=O) groups is 1. The van der Waals surface area contributed by atoms with E-state index >= 15 is 0 Å². The van der Waals surface area contributed by atoms with E-state index in [9.17, 15) is 33.3 Å². The molecular formula is C10H9F3O5. The summed E-state index contributed by atoms with van der Waals surface area (Å²) < 4.78 is 41.2. The Morgan fingerprint density at radius 2 is 1.83 bits per heavy atom. The van der Waals surface area contributed by atoms with Gasteiger partial charge in [0.15, 0.2) is 17.6 Å². The van der Waals surface area contributed by atoms with E-state index in [1.807, 2.05) is 0 Å². The molecule has 0 saturated heterocycles. The van der Waals surface area contributed by atoms with Gasteiger partial charge in [-0.05, 0) is 6.07 Å². The topological polar surface area (TPSA) is 87.0 Å². The Morgan fingerprint density at radius 1 is 1.28 bits per heavy atom. The number of phenols is 2. The second-order valence-corrected chi connectivity index (χ2v) is 3.32. The van der Waals surface area contributed by atoms with Crippen molar-refractivity contribution in [1.82, 2.24) is 0 Å². The Labute approximate surface area is 99.0 Å². The van der Waals surface area contributed by atoms with Crippen molar-refractivity contribution in [2.45, 2.75) is 12.3 Å². The fourth-order valence-electron chi connectivity index (χ4n) is 1.28. The van der Waals surface area contributed by atoms with Crippen LogP contribution in [0.5, 0.6) is 11.5 Å². The summed E-state index contributed by atoms with van der Waals surface area (Å²) in [5.74, 6) is -3.85. The summed E-state index contributed by atoms with van der Waals surface area (Å²) in [5, 5.41) is 27.9. The molecule has 5 nitrogen and oxygen atoms in total. The average Bonchev–Trinajstić information content (AvgIpc) is 2.29. The number of aromatic hydroxyl groups is 2. The zero-order chi connectivity index (χ0) is 14.1. The lowest BCUT2D eigenvalue weighted by molar-refractivity contribution is -0.150. The Hall–Kier alpha value is -1.96. The summed E-state index contributed by atoms with van der Waals surface area (Å²) in [6.07, 6.45) is -6.85. The van der Waals surface area contributed by atoms with Gasteiger partial charge < -0.3 is 20.1 Å². The number of hydrogen-bond acceptors (Lipinski definition) is 5. The van der Waals surface area contributed by atoms with Crippen LogP contribution in [0.4, 0.5) is 13.2 Å². The van der Waals surface area contributed by atoms with E-state index in [4.69, 9.17) is 0 Å². The molecule has 1 unspecified atom stereocenters. The number of esters is 1. The molecule has 18 heavy (non-hydrogen) atoms. The molecule has 8 heteroatoms. The second kappa shape index (κ2) is 4.73. The van der Waals surface area contributed by atoms with Gasteiger partial charge >= 0.3 is 12.1 Å². The first-order chi connectivity index (χ1) is 8.20. The summed E-state index contributed by atoms with van der Waals surface area (Å²) in [6.45, 7) is 0. The van der Waals surface area contributed by atoms with Crippen molar-refractivity contribution >= 4 is 5.97 Å². The minimum atomic E-state index is -4.86. The monoisotopic (exact) mass is 266 g/mol. The third kappa shape index (κ3) is 2.48. The molecule has 0 heterocycles. The minimum Gasteiger partial charge on any atom is -0.504 e. The number of alkyl halides is 3. The molecule has 3 N–H and O–H groups in total. The van der Waals surface area contributed by atoms with Crippen LogP contribution in [0, 0.1) is 0 Å². The average molecular weight is 266 g/mol. The normalized spacial score (nSPS) is 13.2. The summed E-state index contributed by atoms with van der Waals surface area (Å²) in [4.78, 5) is 11.0. The molecule has 1 atom stereocenters. The van der Waals surface area contributed by atoms with Gasteiger partial charge in [0.05, 0.1) is 7.11 Å². The zero-order valence-corrected chi connectivity index (χ0v) is 9.02. The number of ether oxygens (including phenoxy) is 1. The SMILES string of the molecule is COC(=O)C(O)c1ccc(C(F)(F)F)c(O)c1O. The highest BCUT2D eigenvalue weighted by molar-refractivity contribution is 5.77. The number of aliphatic hydroxyl groups is 1. The van der Waals surface area contributed by atoms with Crippen LogP contribution in [0.25, 0.3) is 0 Å². The number of methoxy groups -OCH3 is 1. The number of benzene rings is 1.